The molecular formula is C14H22N2O2. The number of nitrogens with zero attached hydrogens (tertiary/aromatic N) is 2. The largest absolute Gasteiger partial charge is 0.379 e. The minimum Gasteiger partial charge on any atom is -0.379 e. The Labute approximate surface area is 108 Å². The van der Waals surface area contributed by atoms with Crippen LogP contribution in [0.4, 0.5) is 0 Å². The monoisotopic (exact) mass is 250 g/mol. The first-order valence-electron chi connectivity index (χ1n) is 7.04. The molecule has 2 heterocycles. The molecule has 1 amide bonds. The molecule has 4 heteroatoms. The van der Waals surface area contributed by atoms with Gasteiger partial charge in [0.15, 0.2) is 0 Å². The summed E-state index contributed by atoms with van der Waals surface area (Å²) in [5, 5.41) is 3.94. The fourth-order valence-corrected chi connectivity index (χ4v) is 3.82. The maximum Gasteiger partial charge on any atom is 0.269 e. The Kier molecular flexibility index (Phi) is 2.65. The number of amides is 1. The number of likely N-dealkylation sites (tertiary alicyclic amines) is 1. The van der Waals surface area contributed by atoms with Gasteiger partial charge in [0.05, 0.1) is 5.71 Å². The molecule has 0 N–H and O–H groups in total. The Hall–Kier alpha value is -1.06. The van der Waals surface area contributed by atoms with Crippen LogP contribution in [-0.4, -0.2) is 35.2 Å². The van der Waals surface area contributed by atoms with Crippen molar-refractivity contribution in [2.45, 2.75) is 58.0 Å². The third kappa shape index (κ3) is 1.82. The summed E-state index contributed by atoms with van der Waals surface area (Å²) in [5.41, 5.74) is 0.606. The van der Waals surface area contributed by atoms with E-state index in [0.29, 0.717) is 11.8 Å². The topological polar surface area (TPSA) is 41.9 Å². The van der Waals surface area contributed by atoms with Gasteiger partial charge in [0.1, 0.15) is 0 Å². The Bertz CT molecular complexity index is 399. The van der Waals surface area contributed by atoms with Crippen molar-refractivity contribution in [1.82, 2.24) is 4.90 Å². The number of carbonyl (C=O) groups excluding carboxylic acids is 1. The average Bonchev–Trinajstić information content (AvgIpc) is 3.03. The second-order valence-electron chi connectivity index (χ2n) is 6.51. The molecule has 1 spiro atoms. The van der Waals surface area contributed by atoms with E-state index in [1.807, 2.05) is 18.7 Å². The molecule has 1 atom stereocenters. The molecule has 3 rings (SSSR count). The highest BCUT2D eigenvalue weighted by Gasteiger charge is 2.48. The normalized spacial score (nSPS) is 33.9. The average molecular weight is 250 g/mol. The first kappa shape index (κ1) is 12.0. The minimum atomic E-state index is -0.742. The highest BCUT2D eigenvalue weighted by atomic mass is 16.7. The molecule has 4 nitrogen and oxygen atoms in total. The second-order valence-corrected chi connectivity index (χ2v) is 6.51. The van der Waals surface area contributed by atoms with E-state index in [1.54, 1.807) is 0 Å². The van der Waals surface area contributed by atoms with Crippen LogP contribution in [0.15, 0.2) is 5.16 Å². The van der Waals surface area contributed by atoms with Gasteiger partial charge in [0.2, 0.25) is 5.60 Å². The van der Waals surface area contributed by atoms with Crippen molar-refractivity contribution in [3.8, 4) is 0 Å². The molecule has 0 radical (unpaired) electrons. The van der Waals surface area contributed by atoms with Crippen LogP contribution in [0.2, 0.25) is 0 Å². The molecule has 18 heavy (non-hydrogen) atoms. The lowest BCUT2D eigenvalue weighted by Crippen LogP contribution is -2.46. The summed E-state index contributed by atoms with van der Waals surface area (Å²) in [5.74, 6) is 0.131. The van der Waals surface area contributed by atoms with Crippen molar-refractivity contribution in [2.75, 3.05) is 13.1 Å². The molecule has 2 aliphatic heterocycles. The Morgan fingerprint density at radius 1 is 1.33 bits per heavy atom. The molecule has 0 aromatic carbocycles. The van der Waals surface area contributed by atoms with Gasteiger partial charge in [-0.15, -0.1) is 0 Å². The third-order valence-corrected chi connectivity index (χ3v) is 4.84. The molecule has 1 saturated heterocycles. The summed E-state index contributed by atoms with van der Waals surface area (Å²) in [4.78, 5) is 20.0. The maximum absolute atomic E-state index is 12.6. The fraction of sp³-hybridized carbons (Fsp3) is 0.857. The Morgan fingerprint density at radius 3 is 2.67 bits per heavy atom. The van der Waals surface area contributed by atoms with Gasteiger partial charge in [0.25, 0.3) is 5.91 Å². The van der Waals surface area contributed by atoms with Gasteiger partial charge in [-0.25, -0.2) is 0 Å². The summed E-state index contributed by atoms with van der Waals surface area (Å²) in [6.45, 7) is 5.62. The smallest absolute Gasteiger partial charge is 0.269 e. The van der Waals surface area contributed by atoms with Gasteiger partial charge in [-0.1, -0.05) is 18.0 Å². The standard InChI is InChI=1S/C14H22N2O2/c1-11-9-13(2,18-15-11)12(17)16-8-7-14(10-16)5-3-4-6-14/h3-10H2,1-2H3/t13-/m0/s1. The second kappa shape index (κ2) is 3.97. The van der Waals surface area contributed by atoms with Crippen LogP contribution in [0.1, 0.15) is 52.4 Å². The van der Waals surface area contributed by atoms with E-state index in [0.717, 1.165) is 18.8 Å². The predicted octanol–water partition coefficient (Wildman–Crippen LogP) is 2.33. The van der Waals surface area contributed by atoms with Crippen molar-refractivity contribution in [3.05, 3.63) is 0 Å². The van der Waals surface area contributed by atoms with E-state index in [-0.39, 0.29) is 5.91 Å². The van der Waals surface area contributed by atoms with Crippen molar-refractivity contribution in [1.29, 1.82) is 0 Å². The lowest BCUT2D eigenvalue weighted by atomic mass is 9.85. The van der Waals surface area contributed by atoms with Gasteiger partial charge in [-0.3, -0.25) is 4.79 Å². The van der Waals surface area contributed by atoms with E-state index in [9.17, 15) is 4.79 Å². The summed E-state index contributed by atoms with van der Waals surface area (Å²) in [6.07, 6.45) is 7.06. The number of oxime groups is 1. The van der Waals surface area contributed by atoms with E-state index in [1.165, 1.54) is 32.1 Å². The van der Waals surface area contributed by atoms with Gasteiger partial charge in [-0.05, 0) is 38.5 Å². The zero-order valence-corrected chi connectivity index (χ0v) is 11.4. The maximum atomic E-state index is 12.6. The number of hydrogen-bond donors (Lipinski definition) is 0. The zero-order chi connectivity index (χ0) is 12.8. The first-order valence-corrected chi connectivity index (χ1v) is 7.04. The lowest BCUT2D eigenvalue weighted by Gasteiger charge is -2.28. The molecule has 0 bridgehead atoms. The number of rotatable bonds is 1. The molecule has 3 aliphatic rings. The van der Waals surface area contributed by atoms with Crippen LogP contribution >= 0.6 is 0 Å². The van der Waals surface area contributed by atoms with Gasteiger partial charge in [0, 0.05) is 19.5 Å². The molecule has 2 fully saturated rings. The zero-order valence-electron chi connectivity index (χ0n) is 11.4. The first-order chi connectivity index (χ1) is 8.53. The molecule has 0 aromatic rings. The van der Waals surface area contributed by atoms with Gasteiger partial charge in [-0.2, -0.15) is 0 Å². The van der Waals surface area contributed by atoms with Gasteiger partial charge < -0.3 is 9.74 Å². The van der Waals surface area contributed by atoms with Crippen molar-refractivity contribution in [3.63, 3.8) is 0 Å². The van der Waals surface area contributed by atoms with Crippen molar-refractivity contribution < 1.29 is 9.63 Å². The van der Waals surface area contributed by atoms with Crippen LogP contribution in [0, 0.1) is 5.41 Å². The SMILES string of the molecule is CC1=NO[C@](C)(C(=O)N2CCC3(CCCC3)C2)C1. The van der Waals surface area contributed by atoms with E-state index in [4.69, 9.17) is 4.84 Å². The Balaban J connectivity index is 1.68. The molecule has 100 valence electrons. The van der Waals surface area contributed by atoms with Crippen LogP contribution in [0.5, 0.6) is 0 Å². The summed E-state index contributed by atoms with van der Waals surface area (Å²) in [6, 6.07) is 0. The third-order valence-electron chi connectivity index (χ3n) is 4.84. The van der Waals surface area contributed by atoms with Crippen LogP contribution < -0.4 is 0 Å². The highest BCUT2D eigenvalue weighted by molar-refractivity contribution is 5.94. The van der Waals surface area contributed by atoms with Crippen molar-refractivity contribution >= 4 is 11.6 Å². The quantitative estimate of drug-likeness (QED) is 0.716. The lowest BCUT2D eigenvalue weighted by molar-refractivity contribution is -0.152. The van der Waals surface area contributed by atoms with Crippen molar-refractivity contribution in [2.24, 2.45) is 10.6 Å². The summed E-state index contributed by atoms with van der Waals surface area (Å²) < 4.78 is 0. The Morgan fingerprint density at radius 2 is 2.06 bits per heavy atom. The molecule has 1 saturated carbocycles. The summed E-state index contributed by atoms with van der Waals surface area (Å²) >= 11 is 0. The fourth-order valence-electron chi connectivity index (χ4n) is 3.82. The van der Waals surface area contributed by atoms with Crippen LogP contribution in [-0.2, 0) is 9.63 Å². The number of hydrogen-bond acceptors (Lipinski definition) is 3. The number of carbonyl (C=O) groups is 1. The minimum absolute atomic E-state index is 0.131. The molecular weight excluding hydrogens is 228 g/mol. The summed E-state index contributed by atoms with van der Waals surface area (Å²) in [7, 11) is 0. The van der Waals surface area contributed by atoms with Crippen LogP contribution in [0.3, 0.4) is 0 Å². The van der Waals surface area contributed by atoms with E-state index in [2.05, 4.69) is 5.16 Å². The molecule has 0 unspecified atom stereocenters. The van der Waals surface area contributed by atoms with E-state index < -0.39 is 5.60 Å². The van der Waals surface area contributed by atoms with Gasteiger partial charge >= 0.3 is 0 Å². The van der Waals surface area contributed by atoms with E-state index >= 15 is 0 Å². The highest BCUT2D eigenvalue weighted by Crippen LogP contribution is 2.46. The van der Waals surface area contributed by atoms with Crippen LogP contribution in [0.25, 0.3) is 0 Å². The molecule has 0 aromatic heterocycles. The predicted molar refractivity (Wildman–Crippen MR) is 69.3 cm³/mol. The molecule has 1 aliphatic carbocycles.